The molecule has 94 valence electrons. The summed E-state index contributed by atoms with van der Waals surface area (Å²) in [6, 6.07) is -0.861. The van der Waals surface area contributed by atoms with E-state index < -0.39 is 37.3 Å². The lowest BCUT2D eigenvalue weighted by atomic mass is 10.0. The van der Waals surface area contributed by atoms with E-state index in [0.717, 1.165) is 0 Å². The van der Waals surface area contributed by atoms with E-state index in [4.69, 9.17) is 14.6 Å². The van der Waals surface area contributed by atoms with Crippen LogP contribution in [0.5, 0.6) is 0 Å². The second-order valence-corrected chi connectivity index (χ2v) is 3.67. The summed E-state index contributed by atoms with van der Waals surface area (Å²) in [5, 5.41) is 30.7. The summed E-state index contributed by atoms with van der Waals surface area (Å²) >= 11 is 0. The van der Waals surface area contributed by atoms with Crippen LogP contribution in [0.2, 0.25) is 0 Å². The molecular formula is C9H17NO6. The number of ether oxygens (including phenoxy) is 2. The third-order valence-corrected chi connectivity index (χ3v) is 2.48. The monoisotopic (exact) mass is 236 g/mol. The number of carbonyl (C=O) groups is 1. The zero-order valence-corrected chi connectivity index (χ0v) is 9.16. The van der Waals surface area contributed by atoms with Crippen molar-refractivity contribution in [3.63, 3.8) is 0 Å². The first kappa shape index (κ1) is 13.3. The molecular weight excluding hydrogens is 219 g/mol. The quantitative estimate of drug-likeness (QED) is 0.406. The Hall–Kier alpha value is -0.730. The number of aliphatic hydroxyl groups is 3. The van der Waals surface area contributed by atoms with Crippen LogP contribution in [0.15, 0.2) is 0 Å². The standard InChI is InChI=1S/C9H17NO6/c1-4(12)10-6-8(14)7(13)5(3-11)16-9(6)15-2/h5-9,11,13-14H,3H2,1-2H3,(H,10,12)/t5-,6+,7+,8-,9+/m1/s1/i9+1. The molecule has 1 rings (SSSR count). The summed E-state index contributed by atoms with van der Waals surface area (Å²) < 4.78 is 10.1. The summed E-state index contributed by atoms with van der Waals surface area (Å²) in [5.74, 6) is -0.371. The van der Waals surface area contributed by atoms with Gasteiger partial charge in [0.1, 0.15) is 24.4 Å². The van der Waals surface area contributed by atoms with Gasteiger partial charge >= 0.3 is 0 Å². The fraction of sp³-hybridized carbons (Fsp3) is 0.889. The molecule has 4 N–H and O–H groups in total. The molecule has 7 nitrogen and oxygen atoms in total. The molecule has 0 radical (unpaired) electrons. The van der Waals surface area contributed by atoms with Crippen molar-refractivity contribution >= 4 is 5.91 Å². The van der Waals surface area contributed by atoms with Gasteiger partial charge in [-0.1, -0.05) is 0 Å². The second-order valence-electron chi connectivity index (χ2n) is 3.67. The predicted octanol–water partition coefficient (Wildman–Crippen LogP) is -2.42. The van der Waals surface area contributed by atoms with E-state index in [-0.39, 0.29) is 5.91 Å². The highest BCUT2D eigenvalue weighted by Crippen LogP contribution is 2.21. The molecule has 1 amide bonds. The van der Waals surface area contributed by atoms with Crippen molar-refractivity contribution in [2.24, 2.45) is 0 Å². The Morgan fingerprint density at radius 2 is 2.06 bits per heavy atom. The van der Waals surface area contributed by atoms with Crippen LogP contribution >= 0.6 is 0 Å². The zero-order chi connectivity index (χ0) is 12.3. The van der Waals surface area contributed by atoms with Crippen LogP contribution in [-0.4, -0.2) is 65.6 Å². The molecule has 1 saturated heterocycles. The average Bonchev–Trinajstić information content (AvgIpc) is 2.25. The predicted molar refractivity (Wildman–Crippen MR) is 52.4 cm³/mol. The van der Waals surface area contributed by atoms with Gasteiger partial charge < -0.3 is 30.1 Å². The molecule has 5 atom stereocenters. The topological polar surface area (TPSA) is 108 Å². The lowest BCUT2D eigenvalue weighted by molar-refractivity contribution is -0.262. The molecule has 1 aliphatic rings. The van der Waals surface area contributed by atoms with Crippen LogP contribution in [0.25, 0.3) is 0 Å². The summed E-state index contributed by atoms with van der Waals surface area (Å²) in [4.78, 5) is 10.9. The van der Waals surface area contributed by atoms with E-state index in [1.54, 1.807) is 0 Å². The third kappa shape index (κ3) is 2.69. The first-order chi connectivity index (χ1) is 7.51. The maximum atomic E-state index is 10.9. The number of carbonyl (C=O) groups excluding carboxylic acids is 1. The van der Waals surface area contributed by atoms with Gasteiger partial charge in [-0.2, -0.15) is 0 Å². The average molecular weight is 236 g/mol. The SMILES string of the molecule is CO[13C@H]1O[C@H](CO)[C@H](O)[C@H](O)[C@@H]1NC(C)=O. The van der Waals surface area contributed by atoms with Gasteiger partial charge in [0.25, 0.3) is 0 Å². The Kier molecular flexibility index (Phi) is 4.63. The van der Waals surface area contributed by atoms with Crippen molar-refractivity contribution in [3.05, 3.63) is 0 Å². The molecule has 0 saturated carbocycles. The third-order valence-electron chi connectivity index (χ3n) is 2.48. The Labute approximate surface area is 93.0 Å². The minimum Gasteiger partial charge on any atom is -0.394 e. The number of hydrogen-bond donors (Lipinski definition) is 4. The van der Waals surface area contributed by atoms with Crippen LogP contribution in [0.1, 0.15) is 6.92 Å². The smallest absolute Gasteiger partial charge is 0.217 e. The van der Waals surface area contributed by atoms with Crippen LogP contribution in [0.3, 0.4) is 0 Å². The summed E-state index contributed by atoms with van der Waals surface area (Å²) in [6.07, 6.45) is -4.35. The number of nitrogens with one attached hydrogen (secondary N) is 1. The summed E-state index contributed by atoms with van der Waals surface area (Å²) in [5.41, 5.74) is 0. The molecule has 16 heavy (non-hydrogen) atoms. The van der Waals surface area contributed by atoms with E-state index in [9.17, 15) is 15.0 Å². The molecule has 0 unspecified atom stereocenters. The largest absolute Gasteiger partial charge is 0.394 e. The maximum Gasteiger partial charge on any atom is 0.217 e. The Balaban J connectivity index is 2.77. The molecule has 0 aromatic rings. The molecule has 7 heteroatoms. The van der Waals surface area contributed by atoms with Gasteiger partial charge in [0.2, 0.25) is 5.91 Å². The molecule has 1 aliphatic heterocycles. The first-order valence-electron chi connectivity index (χ1n) is 4.93. The number of hydrogen-bond acceptors (Lipinski definition) is 6. The first-order valence-corrected chi connectivity index (χ1v) is 4.93. The normalized spacial score (nSPS) is 39.4. The Morgan fingerprint density at radius 1 is 1.44 bits per heavy atom. The van der Waals surface area contributed by atoms with Crippen molar-refractivity contribution in [2.45, 2.75) is 37.6 Å². The summed E-state index contributed by atoms with van der Waals surface area (Å²) in [7, 11) is 1.35. The van der Waals surface area contributed by atoms with Gasteiger partial charge in [-0.15, -0.1) is 0 Å². The van der Waals surface area contributed by atoms with Crippen molar-refractivity contribution in [1.29, 1.82) is 0 Å². The van der Waals surface area contributed by atoms with Gasteiger partial charge in [-0.05, 0) is 0 Å². The highest BCUT2D eigenvalue weighted by Gasteiger charge is 2.44. The minimum atomic E-state index is -1.27. The minimum absolute atomic E-state index is 0.371. The van der Waals surface area contributed by atoms with Gasteiger partial charge in [0, 0.05) is 14.0 Å². The van der Waals surface area contributed by atoms with Crippen LogP contribution in [0, 0.1) is 0 Å². The van der Waals surface area contributed by atoms with E-state index in [1.165, 1.54) is 14.0 Å². The lowest BCUT2D eigenvalue weighted by Crippen LogP contribution is -2.64. The number of amides is 1. The van der Waals surface area contributed by atoms with Gasteiger partial charge in [-0.25, -0.2) is 0 Å². The van der Waals surface area contributed by atoms with Gasteiger partial charge in [0.15, 0.2) is 6.29 Å². The lowest BCUT2D eigenvalue weighted by Gasteiger charge is -2.41. The zero-order valence-electron chi connectivity index (χ0n) is 9.16. The number of methoxy groups -OCH3 is 1. The van der Waals surface area contributed by atoms with Gasteiger partial charge in [0.05, 0.1) is 6.61 Å². The fourth-order valence-electron chi connectivity index (χ4n) is 1.67. The van der Waals surface area contributed by atoms with E-state index >= 15 is 0 Å². The Morgan fingerprint density at radius 3 is 2.50 bits per heavy atom. The van der Waals surface area contributed by atoms with Crippen molar-refractivity contribution in [2.75, 3.05) is 13.7 Å². The molecule has 0 aliphatic carbocycles. The highest BCUT2D eigenvalue weighted by molar-refractivity contribution is 5.73. The van der Waals surface area contributed by atoms with E-state index in [2.05, 4.69) is 5.32 Å². The molecule has 0 spiro atoms. The van der Waals surface area contributed by atoms with Crippen LogP contribution in [0.4, 0.5) is 0 Å². The second kappa shape index (κ2) is 5.55. The van der Waals surface area contributed by atoms with Crippen LogP contribution in [-0.2, 0) is 14.3 Å². The molecule has 1 fully saturated rings. The summed E-state index contributed by atoms with van der Waals surface area (Å²) in [6.45, 7) is 0.842. The molecule has 0 aromatic carbocycles. The molecule has 1 heterocycles. The van der Waals surface area contributed by atoms with E-state index in [0.29, 0.717) is 0 Å². The van der Waals surface area contributed by atoms with E-state index in [1.807, 2.05) is 0 Å². The molecule has 0 aromatic heterocycles. The number of aliphatic hydroxyl groups excluding tert-OH is 3. The Bertz CT molecular complexity index is 246. The van der Waals surface area contributed by atoms with Crippen LogP contribution < -0.4 is 5.32 Å². The van der Waals surface area contributed by atoms with Crippen molar-refractivity contribution in [3.8, 4) is 0 Å². The van der Waals surface area contributed by atoms with Crippen molar-refractivity contribution < 1.29 is 29.6 Å². The molecule has 0 bridgehead atoms. The number of rotatable bonds is 3. The van der Waals surface area contributed by atoms with Gasteiger partial charge in [-0.3, -0.25) is 4.79 Å². The maximum absolute atomic E-state index is 10.9. The highest BCUT2D eigenvalue weighted by atomic mass is 16.8. The fourth-order valence-corrected chi connectivity index (χ4v) is 1.67. The van der Waals surface area contributed by atoms with Crippen molar-refractivity contribution in [1.82, 2.24) is 5.32 Å².